The average Bonchev–Trinajstić information content (AvgIpc) is 2.45. The van der Waals surface area contributed by atoms with E-state index in [9.17, 15) is 26.4 Å². The molecule has 0 spiro atoms. The molecule has 0 aliphatic heterocycles. The molecule has 1 aromatic carbocycles. The minimum absolute atomic E-state index is 0.0679. The van der Waals surface area contributed by atoms with Crippen LogP contribution in [0.2, 0.25) is 0 Å². The van der Waals surface area contributed by atoms with Crippen LogP contribution in [0.5, 0.6) is 0 Å². The lowest BCUT2D eigenvalue weighted by atomic mass is 10.1. The van der Waals surface area contributed by atoms with E-state index in [1.165, 1.54) is 19.1 Å². The van der Waals surface area contributed by atoms with Crippen LogP contribution >= 0.6 is 0 Å². The van der Waals surface area contributed by atoms with Crippen molar-refractivity contribution in [2.75, 3.05) is 0 Å². The fourth-order valence-electron chi connectivity index (χ4n) is 1.71. The number of carbonyl (C=O) groups excluding carboxylic acids is 1. The van der Waals surface area contributed by atoms with Gasteiger partial charge in [-0.1, -0.05) is 13.0 Å². The number of nitrogens with one attached hydrogen (secondary N) is 1. The van der Waals surface area contributed by atoms with Crippen molar-refractivity contribution in [1.82, 2.24) is 4.72 Å². The average molecular weight is 346 g/mol. The lowest BCUT2D eigenvalue weighted by Crippen LogP contribution is -2.32. The Balaban J connectivity index is 3.37. The Bertz CT molecular complexity index is 790. The predicted octanol–water partition coefficient (Wildman–Crippen LogP) is 2.74. The molecular weight excluding hydrogens is 333 g/mol. The number of alkyl halides is 3. The topological polar surface area (TPSA) is 87.0 Å². The summed E-state index contributed by atoms with van der Waals surface area (Å²) in [6.45, 7) is 3.06. The van der Waals surface area contributed by atoms with E-state index in [4.69, 9.17) is 5.26 Å². The van der Waals surface area contributed by atoms with Crippen molar-refractivity contribution >= 4 is 15.9 Å². The summed E-state index contributed by atoms with van der Waals surface area (Å²) in [5.41, 5.74) is -1.78. The van der Waals surface area contributed by atoms with Gasteiger partial charge in [0.1, 0.15) is 0 Å². The zero-order valence-electron chi connectivity index (χ0n) is 12.2. The Morgan fingerprint density at radius 1 is 1.39 bits per heavy atom. The molecule has 1 aromatic rings. The van der Waals surface area contributed by atoms with Crippen LogP contribution in [0.1, 0.15) is 31.4 Å². The van der Waals surface area contributed by atoms with E-state index in [-0.39, 0.29) is 11.1 Å². The van der Waals surface area contributed by atoms with E-state index in [1.807, 2.05) is 0 Å². The highest BCUT2D eigenvalue weighted by atomic mass is 32.2. The quantitative estimate of drug-likeness (QED) is 0.849. The molecule has 1 amide bonds. The molecule has 0 fully saturated rings. The molecule has 0 aliphatic carbocycles. The number of allylic oxidation sites excluding steroid dienone is 1. The van der Waals surface area contributed by atoms with Crippen molar-refractivity contribution in [2.45, 2.75) is 31.3 Å². The summed E-state index contributed by atoms with van der Waals surface area (Å²) < 4.78 is 64.8. The molecule has 23 heavy (non-hydrogen) atoms. The maximum Gasteiger partial charge on any atom is 0.417 e. The van der Waals surface area contributed by atoms with Crippen LogP contribution in [-0.2, 0) is 21.0 Å². The van der Waals surface area contributed by atoms with Crippen LogP contribution in [0.15, 0.2) is 34.7 Å². The predicted molar refractivity (Wildman–Crippen MR) is 75.5 cm³/mol. The fourth-order valence-corrected chi connectivity index (χ4v) is 2.94. The van der Waals surface area contributed by atoms with Crippen LogP contribution in [0, 0.1) is 11.3 Å². The van der Waals surface area contributed by atoms with Crippen molar-refractivity contribution in [3.05, 3.63) is 41.0 Å². The Labute approximate surface area is 131 Å². The van der Waals surface area contributed by atoms with Crippen molar-refractivity contribution in [3.63, 3.8) is 0 Å². The summed E-state index contributed by atoms with van der Waals surface area (Å²) in [4.78, 5) is 10.6. The zero-order valence-corrected chi connectivity index (χ0v) is 13.0. The molecule has 0 radical (unpaired) electrons. The van der Waals surface area contributed by atoms with Gasteiger partial charge in [0.05, 0.1) is 22.1 Å². The number of nitriles is 1. The molecule has 0 saturated heterocycles. The molecule has 0 unspecified atom stereocenters. The number of halogens is 3. The maximum absolute atomic E-state index is 13.0. The van der Waals surface area contributed by atoms with E-state index in [0.29, 0.717) is 18.6 Å². The SMILES string of the molecule is CC/C=C(/C)C(=O)NS(=O)(=O)c1ccc(C#N)cc1C(F)(F)F. The first-order valence-corrected chi connectivity index (χ1v) is 7.86. The van der Waals surface area contributed by atoms with Crippen molar-refractivity contribution in [1.29, 1.82) is 5.26 Å². The Hall–Kier alpha value is -2.34. The van der Waals surface area contributed by atoms with Gasteiger partial charge in [0.15, 0.2) is 0 Å². The van der Waals surface area contributed by atoms with Gasteiger partial charge in [-0.3, -0.25) is 4.79 Å². The number of hydrogen-bond donors (Lipinski definition) is 1. The number of sulfonamides is 1. The van der Waals surface area contributed by atoms with E-state index >= 15 is 0 Å². The summed E-state index contributed by atoms with van der Waals surface area (Å²) in [5.74, 6) is -1.01. The first-order valence-electron chi connectivity index (χ1n) is 6.38. The summed E-state index contributed by atoms with van der Waals surface area (Å²) in [6.07, 6.45) is -3.09. The number of nitrogens with zero attached hydrogens (tertiary/aromatic N) is 1. The van der Waals surface area contributed by atoms with E-state index in [2.05, 4.69) is 0 Å². The monoisotopic (exact) mass is 346 g/mol. The van der Waals surface area contributed by atoms with Gasteiger partial charge in [-0.2, -0.15) is 18.4 Å². The Morgan fingerprint density at radius 3 is 2.48 bits per heavy atom. The molecule has 1 N–H and O–H groups in total. The third-order valence-corrected chi connectivity index (χ3v) is 4.19. The van der Waals surface area contributed by atoms with Gasteiger partial charge >= 0.3 is 6.18 Å². The third kappa shape index (κ3) is 4.56. The number of benzene rings is 1. The van der Waals surface area contributed by atoms with Gasteiger partial charge in [0, 0.05) is 5.57 Å². The van der Waals surface area contributed by atoms with Gasteiger partial charge in [0.25, 0.3) is 15.9 Å². The maximum atomic E-state index is 13.0. The molecule has 5 nitrogen and oxygen atoms in total. The summed E-state index contributed by atoms with van der Waals surface area (Å²) in [7, 11) is -4.73. The molecule has 0 aliphatic rings. The highest BCUT2D eigenvalue weighted by molar-refractivity contribution is 7.90. The van der Waals surface area contributed by atoms with Crippen LogP contribution in [-0.4, -0.2) is 14.3 Å². The van der Waals surface area contributed by atoms with Gasteiger partial charge in [-0.05, 0) is 31.5 Å². The smallest absolute Gasteiger partial charge is 0.269 e. The standard InChI is InChI=1S/C14H13F3N2O3S/c1-3-4-9(2)13(20)19-23(21,22)12-6-5-10(8-18)7-11(12)14(15,16)17/h4-7H,3H2,1-2H3,(H,19,20)/b9-4-. The van der Waals surface area contributed by atoms with Crippen molar-refractivity contribution in [2.24, 2.45) is 0 Å². The number of hydrogen-bond acceptors (Lipinski definition) is 4. The lowest BCUT2D eigenvalue weighted by Gasteiger charge is -2.14. The highest BCUT2D eigenvalue weighted by Gasteiger charge is 2.38. The van der Waals surface area contributed by atoms with Crippen LogP contribution in [0.3, 0.4) is 0 Å². The lowest BCUT2D eigenvalue weighted by molar-refractivity contribution is -0.140. The van der Waals surface area contributed by atoms with Gasteiger partial charge in [-0.15, -0.1) is 0 Å². The molecule has 0 bridgehead atoms. The molecule has 0 heterocycles. The molecule has 124 valence electrons. The molecule has 0 atom stereocenters. The molecular formula is C14H13F3N2O3S. The number of carbonyl (C=O) groups is 1. The second-order valence-electron chi connectivity index (χ2n) is 4.55. The minimum atomic E-state index is -4.99. The highest BCUT2D eigenvalue weighted by Crippen LogP contribution is 2.34. The fraction of sp³-hybridized carbons (Fsp3) is 0.286. The van der Waals surface area contributed by atoms with E-state index < -0.39 is 32.6 Å². The molecule has 9 heteroatoms. The molecule has 0 saturated carbocycles. The summed E-state index contributed by atoms with van der Waals surface area (Å²) in [6, 6.07) is 3.51. The summed E-state index contributed by atoms with van der Waals surface area (Å²) >= 11 is 0. The van der Waals surface area contributed by atoms with Gasteiger partial charge < -0.3 is 0 Å². The first kappa shape index (κ1) is 18.7. The second kappa shape index (κ2) is 6.83. The van der Waals surface area contributed by atoms with Crippen LogP contribution in [0.25, 0.3) is 0 Å². The second-order valence-corrected chi connectivity index (χ2v) is 6.20. The minimum Gasteiger partial charge on any atom is -0.269 e. The number of rotatable bonds is 4. The number of amides is 1. The molecule has 1 rings (SSSR count). The van der Waals surface area contributed by atoms with Gasteiger partial charge in [-0.25, -0.2) is 13.1 Å². The normalized spacial score (nSPS) is 12.6. The van der Waals surface area contributed by atoms with Crippen molar-refractivity contribution in [3.8, 4) is 6.07 Å². The zero-order chi connectivity index (χ0) is 17.8. The van der Waals surface area contributed by atoms with Crippen LogP contribution in [0.4, 0.5) is 13.2 Å². The van der Waals surface area contributed by atoms with E-state index in [0.717, 1.165) is 6.07 Å². The molecule has 0 aromatic heterocycles. The van der Waals surface area contributed by atoms with E-state index in [1.54, 1.807) is 11.6 Å². The van der Waals surface area contributed by atoms with Crippen LogP contribution < -0.4 is 4.72 Å². The van der Waals surface area contributed by atoms with Gasteiger partial charge in [0.2, 0.25) is 0 Å². The first-order chi connectivity index (χ1) is 10.5. The summed E-state index contributed by atoms with van der Waals surface area (Å²) in [5, 5.41) is 8.65. The Kier molecular flexibility index (Phi) is 5.56. The van der Waals surface area contributed by atoms with Crippen molar-refractivity contribution < 1.29 is 26.4 Å². The largest absolute Gasteiger partial charge is 0.417 e. The Morgan fingerprint density at radius 2 is 2.00 bits per heavy atom. The third-order valence-electron chi connectivity index (χ3n) is 2.80.